The summed E-state index contributed by atoms with van der Waals surface area (Å²) >= 11 is 0. The number of Topliss-reactive ketones (excluding diaryl/α,β-unsaturated/α-hetero) is 1. The Hall–Kier alpha value is -0.540. The lowest BCUT2D eigenvalue weighted by molar-refractivity contribution is -0.186. The fourth-order valence-corrected chi connectivity index (χ4v) is 3.45. The number of ketones is 1. The lowest BCUT2D eigenvalue weighted by atomic mass is 9.77. The van der Waals surface area contributed by atoms with Gasteiger partial charge >= 0.3 is 6.18 Å². The van der Waals surface area contributed by atoms with Crippen molar-refractivity contribution < 1.29 is 18.0 Å². The molecule has 0 radical (unpaired) electrons. The van der Waals surface area contributed by atoms with Crippen molar-refractivity contribution in [3.63, 3.8) is 0 Å². The molecule has 0 aromatic carbocycles. The minimum absolute atomic E-state index is 0.0368. The van der Waals surface area contributed by atoms with Crippen LogP contribution >= 0.6 is 0 Å². The third-order valence-corrected chi connectivity index (χ3v) is 4.56. The monoisotopic (exact) mass is 262 g/mol. The summed E-state index contributed by atoms with van der Waals surface area (Å²) in [7, 11) is 0. The Labute approximate surface area is 106 Å². The molecule has 2 fully saturated rings. The first-order chi connectivity index (χ1) is 8.47. The molecule has 18 heavy (non-hydrogen) atoms. The van der Waals surface area contributed by atoms with Gasteiger partial charge in [0.05, 0.1) is 5.92 Å². The Morgan fingerprint density at radius 3 is 2.28 bits per heavy atom. The molecule has 0 aromatic heterocycles. The van der Waals surface area contributed by atoms with Gasteiger partial charge in [-0.1, -0.05) is 32.1 Å². The van der Waals surface area contributed by atoms with Crippen molar-refractivity contribution in [2.24, 2.45) is 17.8 Å². The van der Waals surface area contributed by atoms with Crippen LogP contribution in [0.5, 0.6) is 0 Å². The summed E-state index contributed by atoms with van der Waals surface area (Å²) in [5.41, 5.74) is 0. The van der Waals surface area contributed by atoms with Gasteiger partial charge in [0, 0.05) is 12.3 Å². The van der Waals surface area contributed by atoms with E-state index in [0.717, 1.165) is 12.8 Å². The minimum Gasteiger partial charge on any atom is -0.299 e. The number of halogens is 3. The molecule has 0 saturated heterocycles. The third kappa shape index (κ3) is 3.48. The summed E-state index contributed by atoms with van der Waals surface area (Å²) in [4.78, 5) is 12.1. The Morgan fingerprint density at radius 1 is 1.00 bits per heavy atom. The smallest absolute Gasteiger partial charge is 0.299 e. The van der Waals surface area contributed by atoms with Crippen LogP contribution in [-0.2, 0) is 4.79 Å². The maximum atomic E-state index is 12.7. The summed E-state index contributed by atoms with van der Waals surface area (Å²) in [6.45, 7) is 0. The molecule has 2 atom stereocenters. The van der Waals surface area contributed by atoms with Gasteiger partial charge in [-0.2, -0.15) is 13.2 Å². The molecule has 2 aliphatic carbocycles. The van der Waals surface area contributed by atoms with Gasteiger partial charge in [-0.15, -0.1) is 0 Å². The Kier molecular flexibility index (Phi) is 4.33. The van der Waals surface area contributed by atoms with E-state index in [2.05, 4.69) is 0 Å². The van der Waals surface area contributed by atoms with E-state index in [4.69, 9.17) is 0 Å². The van der Waals surface area contributed by atoms with Crippen LogP contribution in [0, 0.1) is 17.8 Å². The fourth-order valence-electron chi connectivity index (χ4n) is 3.45. The zero-order valence-corrected chi connectivity index (χ0v) is 10.6. The van der Waals surface area contributed by atoms with Crippen molar-refractivity contribution in [3.8, 4) is 0 Å². The summed E-state index contributed by atoms with van der Waals surface area (Å²) in [6.07, 6.45) is 2.38. The standard InChI is InChI=1S/C14H21F3O/c15-14(16,17)12-7-3-6-11(9-12)13(18)8-10-4-1-2-5-10/h10-12H,1-9H2. The van der Waals surface area contributed by atoms with Gasteiger partial charge in [-0.25, -0.2) is 0 Å². The van der Waals surface area contributed by atoms with Crippen molar-refractivity contribution in [3.05, 3.63) is 0 Å². The number of carbonyl (C=O) groups is 1. The van der Waals surface area contributed by atoms with Crippen LogP contribution in [0.2, 0.25) is 0 Å². The first-order valence-electron chi connectivity index (χ1n) is 7.06. The molecular weight excluding hydrogens is 241 g/mol. The predicted octanol–water partition coefficient (Wildman–Crippen LogP) is 4.50. The Morgan fingerprint density at radius 2 is 1.67 bits per heavy atom. The zero-order valence-electron chi connectivity index (χ0n) is 10.6. The van der Waals surface area contributed by atoms with Crippen LogP contribution < -0.4 is 0 Å². The third-order valence-electron chi connectivity index (χ3n) is 4.56. The van der Waals surface area contributed by atoms with Crippen molar-refractivity contribution >= 4 is 5.78 Å². The van der Waals surface area contributed by atoms with E-state index < -0.39 is 12.1 Å². The van der Waals surface area contributed by atoms with Crippen LogP contribution in [0.1, 0.15) is 57.8 Å². The first-order valence-corrected chi connectivity index (χ1v) is 7.06. The summed E-state index contributed by atoms with van der Waals surface area (Å²) in [5.74, 6) is -1.03. The molecule has 0 aliphatic heterocycles. The highest BCUT2D eigenvalue weighted by Crippen LogP contribution is 2.41. The van der Waals surface area contributed by atoms with Crippen LogP contribution in [0.15, 0.2) is 0 Å². The molecule has 2 saturated carbocycles. The molecule has 0 heterocycles. The molecule has 0 aromatic rings. The molecule has 0 bridgehead atoms. The van der Waals surface area contributed by atoms with E-state index in [9.17, 15) is 18.0 Å². The van der Waals surface area contributed by atoms with Crippen molar-refractivity contribution in [2.45, 2.75) is 64.0 Å². The molecule has 1 nitrogen and oxygen atoms in total. The lowest BCUT2D eigenvalue weighted by Crippen LogP contribution is -2.32. The molecule has 0 N–H and O–H groups in total. The van der Waals surface area contributed by atoms with Crippen molar-refractivity contribution in [2.75, 3.05) is 0 Å². The number of rotatable bonds is 3. The van der Waals surface area contributed by atoms with E-state index in [1.165, 1.54) is 12.8 Å². The van der Waals surface area contributed by atoms with Gasteiger partial charge < -0.3 is 0 Å². The zero-order chi connectivity index (χ0) is 13.2. The summed E-state index contributed by atoms with van der Waals surface area (Å²) in [6, 6.07) is 0. The minimum atomic E-state index is -4.12. The second-order valence-corrected chi connectivity index (χ2v) is 5.92. The molecule has 4 heteroatoms. The van der Waals surface area contributed by atoms with Crippen LogP contribution in [-0.4, -0.2) is 12.0 Å². The summed E-state index contributed by atoms with van der Waals surface area (Å²) in [5, 5.41) is 0. The highest BCUT2D eigenvalue weighted by molar-refractivity contribution is 5.81. The van der Waals surface area contributed by atoms with Gasteiger partial charge in [-0.05, 0) is 25.2 Å². The molecule has 2 unspecified atom stereocenters. The predicted molar refractivity (Wildman–Crippen MR) is 63.1 cm³/mol. The van der Waals surface area contributed by atoms with Crippen molar-refractivity contribution in [1.82, 2.24) is 0 Å². The van der Waals surface area contributed by atoms with Crippen molar-refractivity contribution in [1.29, 1.82) is 0 Å². The highest BCUT2D eigenvalue weighted by atomic mass is 19.4. The largest absolute Gasteiger partial charge is 0.391 e. The SMILES string of the molecule is O=C(CC1CCCC1)C1CCCC(C(F)(F)F)C1. The molecule has 2 rings (SSSR count). The highest BCUT2D eigenvalue weighted by Gasteiger charge is 2.43. The van der Waals surface area contributed by atoms with Crippen LogP contribution in [0.25, 0.3) is 0 Å². The first kappa shape index (κ1) is 13.9. The number of hydrogen-bond acceptors (Lipinski definition) is 1. The quantitative estimate of drug-likeness (QED) is 0.731. The number of carbonyl (C=O) groups excluding carboxylic acids is 1. The van der Waals surface area contributed by atoms with E-state index in [-0.39, 0.29) is 24.5 Å². The molecule has 0 spiro atoms. The molecule has 0 amide bonds. The van der Waals surface area contributed by atoms with E-state index in [1.807, 2.05) is 0 Å². The van der Waals surface area contributed by atoms with Crippen LogP contribution in [0.3, 0.4) is 0 Å². The van der Waals surface area contributed by atoms with Gasteiger partial charge in [-0.3, -0.25) is 4.79 Å². The van der Waals surface area contributed by atoms with E-state index >= 15 is 0 Å². The maximum Gasteiger partial charge on any atom is 0.391 e. The average Bonchev–Trinajstić information content (AvgIpc) is 2.81. The second-order valence-electron chi connectivity index (χ2n) is 5.92. The normalized spacial score (nSPS) is 30.6. The maximum absolute atomic E-state index is 12.7. The average molecular weight is 262 g/mol. The fraction of sp³-hybridized carbons (Fsp3) is 0.929. The van der Waals surface area contributed by atoms with E-state index in [0.29, 0.717) is 25.2 Å². The Balaban J connectivity index is 1.86. The molecular formula is C14H21F3O. The van der Waals surface area contributed by atoms with Gasteiger partial charge in [0.15, 0.2) is 0 Å². The lowest BCUT2D eigenvalue weighted by Gasteiger charge is -2.30. The Bertz CT molecular complexity index is 292. The molecule has 104 valence electrons. The summed E-state index contributed by atoms with van der Waals surface area (Å²) < 4.78 is 38.0. The van der Waals surface area contributed by atoms with Gasteiger partial charge in [0.25, 0.3) is 0 Å². The van der Waals surface area contributed by atoms with E-state index in [1.54, 1.807) is 0 Å². The van der Waals surface area contributed by atoms with Gasteiger partial charge in [0.1, 0.15) is 5.78 Å². The topological polar surface area (TPSA) is 17.1 Å². The second kappa shape index (κ2) is 5.62. The van der Waals surface area contributed by atoms with Crippen LogP contribution in [0.4, 0.5) is 13.2 Å². The number of hydrogen-bond donors (Lipinski definition) is 0. The number of alkyl halides is 3. The molecule has 2 aliphatic rings. The van der Waals surface area contributed by atoms with Gasteiger partial charge in [0.2, 0.25) is 0 Å².